The summed E-state index contributed by atoms with van der Waals surface area (Å²) in [6.45, 7) is -0.168. The van der Waals surface area contributed by atoms with Crippen molar-refractivity contribution in [3.8, 4) is 23.0 Å². The van der Waals surface area contributed by atoms with Crippen LogP contribution >= 0.6 is 23.5 Å². The van der Waals surface area contributed by atoms with E-state index in [2.05, 4.69) is 10.6 Å². The number of carbonyl (C=O) groups is 6. The zero-order valence-corrected chi connectivity index (χ0v) is 32.7. The van der Waals surface area contributed by atoms with Gasteiger partial charge in [0.15, 0.2) is 24.8 Å². The molecular weight excluding hydrogens is 732 g/mol. The maximum absolute atomic E-state index is 12.2. The number of nitrogens with zero attached hydrogens (tertiary/aromatic N) is 1. The minimum absolute atomic E-state index is 0. The molecule has 2 heterocycles. The van der Waals surface area contributed by atoms with Crippen molar-refractivity contribution in [3.05, 3.63) is 125 Å². The van der Waals surface area contributed by atoms with Crippen LogP contribution in [0.2, 0.25) is 0 Å². The molecule has 4 aromatic carbocycles. The number of Topliss-reactive ketones (excluding diaryl/α,β-unsaturated/α-hetero) is 2. The molecule has 2 unspecified atom stereocenters. The van der Waals surface area contributed by atoms with Gasteiger partial charge in [-0.1, -0.05) is 72.1 Å². The zero-order chi connectivity index (χ0) is 37.0. The fraction of sp³-hybridized carbons (Fsp3) is 0.211. The van der Waals surface area contributed by atoms with Gasteiger partial charge in [0.2, 0.25) is 5.91 Å². The maximum Gasteiger partial charge on any atom is 1.00 e. The van der Waals surface area contributed by atoms with Gasteiger partial charge >= 0.3 is 29.6 Å². The van der Waals surface area contributed by atoms with Crippen molar-refractivity contribution < 1.29 is 77.3 Å². The molecule has 0 spiro atoms. The first kappa shape index (κ1) is 41.2. The fourth-order valence-electron chi connectivity index (χ4n) is 4.95. The molecule has 0 saturated carbocycles. The second kappa shape index (κ2) is 20.0. The standard InChI is InChI=1S/2C19H17NO5S.Na/c2*1-24-15-4-2-3-13(10-15)16(21)11-25-14-7-5-12(6-8-14)9-17-18(22)20-19(23)26-17;/h2*2-8,10,17H,9,11H2,1H3,(H,20,22,23);/q;;+1/p-1. The largest absolute Gasteiger partial charge is 1.00 e. The molecule has 2 fully saturated rings. The van der Waals surface area contributed by atoms with E-state index in [4.69, 9.17) is 18.9 Å². The molecule has 2 aliphatic rings. The Hall–Kier alpha value is -4.60. The van der Waals surface area contributed by atoms with Crippen LogP contribution in [0.25, 0.3) is 5.32 Å². The van der Waals surface area contributed by atoms with Gasteiger partial charge in [-0.2, -0.15) is 0 Å². The predicted molar refractivity (Wildman–Crippen MR) is 196 cm³/mol. The summed E-state index contributed by atoms with van der Waals surface area (Å²) in [5.74, 6) is 1.40. The Morgan fingerprint density at radius 3 is 1.51 bits per heavy atom. The zero-order valence-electron chi connectivity index (χ0n) is 29.1. The minimum Gasteiger partial charge on any atom is -0.585 e. The van der Waals surface area contributed by atoms with Gasteiger partial charge in [0.25, 0.3) is 5.24 Å². The van der Waals surface area contributed by atoms with E-state index >= 15 is 0 Å². The number of ketones is 2. The van der Waals surface area contributed by atoms with Crippen LogP contribution < -0.4 is 53.8 Å². The van der Waals surface area contributed by atoms with Crippen LogP contribution in [0.1, 0.15) is 31.8 Å². The van der Waals surface area contributed by atoms with Gasteiger partial charge in [0, 0.05) is 11.1 Å². The topological polar surface area (TPSA) is 165 Å². The smallest absolute Gasteiger partial charge is 0.585 e. The third-order valence-corrected chi connectivity index (χ3v) is 9.63. The van der Waals surface area contributed by atoms with Crippen LogP contribution in [0.15, 0.2) is 97.1 Å². The van der Waals surface area contributed by atoms with Gasteiger partial charge in [0.05, 0.1) is 30.6 Å². The number of nitrogens with one attached hydrogen (secondary N) is 1. The number of thioether (sulfide) groups is 2. The molecule has 1 N–H and O–H groups in total. The quantitative estimate of drug-likeness (QED) is 0.147. The Morgan fingerprint density at radius 1 is 0.642 bits per heavy atom. The summed E-state index contributed by atoms with van der Waals surface area (Å²) in [5.41, 5.74) is 2.85. The summed E-state index contributed by atoms with van der Waals surface area (Å²) in [4.78, 5) is 69.8. The molecule has 2 saturated heterocycles. The Balaban J connectivity index is 0.000000232. The molecule has 268 valence electrons. The average molecular weight is 765 g/mol. The van der Waals surface area contributed by atoms with Crippen molar-refractivity contribution in [1.82, 2.24) is 5.32 Å². The van der Waals surface area contributed by atoms with Crippen LogP contribution in [-0.4, -0.2) is 71.8 Å². The van der Waals surface area contributed by atoms with Gasteiger partial charge in [-0.25, -0.2) is 0 Å². The van der Waals surface area contributed by atoms with E-state index in [1.54, 1.807) is 87.0 Å². The second-order valence-corrected chi connectivity index (χ2v) is 13.6. The molecule has 12 nitrogen and oxygen atoms in total. The number of benzene rings is 4. The maximum atomic E-state index is 12.2. The fourth-order valence-corrected chi connectivity index (χ4v) is 6.62. The average Bonchev–Trinajstić information content (AvgIpc) is 3.66. The van der Waals surface area contributed by atoms with Gasteiger partial charge < -0.3 is 33.9 Å². The van der Waals surface area contributed by atoms with E-state index in [1.807, 2.05) is 24.3 Å². The van der Waals surface area contributed by atoms with Crippen LogP contribution in [0, 0.1) is 0 Å². The SMILES string of the molecule is COc1cccc(C(=O)COc2ccc(CC3SC(=O)NC3=O)cc2)c1.COc1cccc(C(=O)COc2ccc(CC3SC(=O)[N-]C3=O)cc2)c1.[Na+]. The molecule has 0 bridgehead atoms. The van der Waals surface area contributed by atoms with E-state index in [1.165, 1.54) is 0 Å². The van der Waals surface area contributed by atoms with E-state index < -0.39 is 15.7 Å². The molecule has 15 heteroatoms. The number of rotatable bonds is 14. The summed E-state index contributed by atoms with van der Waals surface area (Å²) in [6.07, 6.45) is 0.896. The van der Waals surface area contributed by atoms with Crippen molar-refractivity contribution >= 4 is 57.4 Å². The summed E-state index contributed by atoms with van der Waals surface area (Å²) in [6, 6.07) is 28.0. The molecule has 2 atom stereocenters. The molecule has 4 aromatic rings. The van der Waals surface area contributed by atoms with Crippen LogP contribution in [0.5, 0.6) is 23.0 Å². The van der Waals surface area contributed by atoms with E-state index in [0.717, 1.165) is 34.7 Å². The summed E-state index contributed by atoms with van der Waals surface area (Å²) in [7, 11) is 3.09. The number of amides is 4. The number of ether oxygens (including phenoxy) is 4. The number of imide groups is 2. The van der Waals surface area contributed by atoms with Gasteiger partial charge in [-0.15, -0.1) is 0 Å². The number of methoxy groups -OCH3 is 2. The number of hydrogen-bond donors (Lipinski definition) is 1. The number of carbonyl (C=O) groups excluding carboxylic acids is 6. The van der Waals surface area contributed by atoms with Crippen molar-refractivity contribution in [2.75, 3.05) is 27.4 Å². The minimum atomic E-state index is -0.455. The first-order valence-corrected chi connectivity index (χ1v) is 17.6. The molecule has 6 rings (SSSR count). The van der Waals surface area contributed by atoms with Crippen molar-refractivity contribution in [2.45, 2.75) is 23.3 Å². The van der Waals surface area contributed by atoms with E-state index in [9.17, 15) is 28.8 Å². The van der Waals surface area contributed by atoms with Crippen LogP contribution in [0.4, 0.5) is 9.59 Å². The predicted octanol–water partition coefficient (Wildman–Crippen LogP) is 3.49. The molecule has 53 heavy (non-hydrogen) atoms. The Kier molecular flexibility index (Phi) is 15.5. The third-order valence-electron chi connectivity index (χ3n) is 7.70. The van der Waals surface area contributed by atoms with Crippen LogP contribution in [0.3, 0.4) is 0 Å². The van der Waals surface area contributed by atoms with Crippen molar-refractivity contribution in [2.24, 2.45) is 0 Å². The van der Waals surface area contributed by atoms with Gasteiger partial charge in [0.1, 0.15) is 28.2 Å². The molecule has 4 amide bonds. The van der Waals surface area contributed by atoms with Crippen LogP contribution in [-0.2, 0) is 22.4 Å². The Bertz CT molecular complexity index is 1820. The summed E-state index contributed by atoms with van der Waals surface area (Å²) in [5, 5.41) is 4.06. The molecular formula is C38H33N2NaO10S2. The van der Waals surface area contributed by atoms with Crippen molar-refractivity contribution in [1.29, 1.82) is 0 Å². The summed E-state index contributed by atoms with van der Waals surface area (Å²) >= 11 is 1.95. The molecule has 0 aromatic heterocycles. The van der Waals surface area contributed by atoms with Gasteiger partial charge in [-0.05, 0) is 72.5 Å². The molecule has 0 aliphatic carbocycles. The Morgan fingerprint density at radius 2 is 1.11 bits per heavy atom. The van der Waals surface area contributed by atoms with Crippen molar-refractivity contribution in [3.63, 3.8) is 0 Å². The summed E-state index contributed by atoms with van der Waals surface area (Å²) < 4.78 is 21.3. The van der Waals surface area contributed by atoms with Gasteiger partial charge in [-0.3, -0.25) is 24.5 Å². The first-order chi connectivity index (χ1) is 25.1. The molecule has 0 radical (unpaired) electrons. The normalized spacial score (nSPS) is 16.0. The van der Waals surface area contributed by atoms with E-state index in [-0.39, 0.29) is 71.4 Å². The third kappa shape index (κ3) is 12.2. The number of hydrogen-bond acceptors (Lipinski definition) is 12. The van der Waals surface area contributed by atoms with E-state index in [0.29, 0.717) is 47.0 Å². The second-order valence-electron chi connectivity index (χ2n) is 11.3. The Labute approximate surface area is 336 Å². The monoisotopic (exact) mass is 764 g/mol. The first-order valence-electron chi connectivity index (χ1n) is 15.9. The molecule has 2 aliphatic heterocycles.